The summed E-state index contributed by atoms with van der Waals surface area (Å²) < 4.78 is 9.98. The molecule has 0 saturated carbocycles. The second-order valence-electron chi connectivity index (χ2n) is 5.25. The zero-order valence-electron chi connectivity index (χ0n) is 13.5. The monoisotopic (exact) mass is 326 g/mol. The summed E-state index contributed by atoms with van der Waals surface area (Å²) in [5.41, 5.74) is 2.52. The molecule has 0 unspecified atom stereocenters. The molecule has 0 bridgehead atoms. The highest BCUT2D eigenvalue weighted by atomic mass is 16.5. The number of fused-ring (bicyclic) bond motifs is 2. The number of carboxylic acid groups (broad SMARTS) is 1. The molecular weight excluding hydrogens is 308 g/mol. The highest BCUT2D eigenvalue weighted by Crippen LogP contribution is 2.37. The van der Waals surface area contributed by atoms with Crippen LogP contribution in [-0.4, -0.2) is 24.2 Å². The normalized spacial score (nSPS) is 10.9. The molecule has 2 aromatic carbocycles. The second-order valence-corrected chi connectivity index (χ2v) is 5.25. The van der Waals surface area contributed by atoms with Crippen LogP contribution in [0, 0.1) is 0 Å². The van der Waals surface area contributed by atoms with Crippen molar-refractivity contribution in [1.82, 2.24) is 0 Å². The highest BCUT2D eigenvalue weighted by molar-refractivity contribution is 5.90. The highest BCUT2D eigenvalue weighted by Gasteiger charge is 2.21. The van der Waals surface area contributed by atoms with Gasteiger partial charge >= 0.3 is 11.9 Å². The lowest BCUT2D eigenvalue weighted by Gasteiger charge is -2.21. The Balaban J connectivity index is 0.000000256. The lowest BCUT2D eigenvalue weighted by atomic mass is 9.96. The molecule has 1 N–H and O–H groups in total. The Morgan fingerprint density at radius 3 is 2.38 bits per heavy atom. The first-order valence-corrected chi connectivity index (χ1v) is 7.28. The Morgan fingerprint density at radius 1 is 1.12 bits per heavy atom. The zero-order chi connectivity index (χ0) is 17.7. The number of hydrogen-bond acceptors (Lipinski definition) is 4. The molecule has 124 valence electrons. The van der Waals surface area contributed by atoms with Crippen molar-refractivity contribution in [3.63, 3.8) is 0 Å². The van der Waals surface area contributed by atoms with Crippen LogP contribution in [-0.2, 0) is 16.0 Å². The van der Waals surface area contributed by atoms with Crippen molar-refractivity contribution in [2.45, 2.75) is 13.3 Å². The van der Waals surface area contributed by atoms with Crippen molar-refractivity contribution in [2.75, 3.05) is 7.11 Å². The number of methoxy groups -OCH3 is 1. The molecule has 0 atom stereocenters. The third-order valence-corrected chi connectivity index (χ3v) is 3.46. The maximum Gasteiger partial charge on any atom is 0.336 e. The molecule has 24 heavy (non-hydrogen) atoms. The van der Waals surface area contributed by atoms with E-state index in [-0.39, 0.29) is 5.97 Å². The number of aromatic carboxylic acids is 1. The summed E-state index contributed by atoms with van der Waals surface area (Å²) in [5, 5.41) is 9.13. The van der Waals surface area contributed by atoms with Gasteiger partial charge in [-0.05, 0) is 30.7 Å². The van der Waals surface area contributed by atoms with Crippen LogP contribution in [0.4, 0.5) is 0 Å². The summed E-state index contributed by atoms with van der Waals surface area (Å²) in [7, 11) is 1.33. The van der Waals surface area contributed by atoms with E-state index in [1.54, 1.807) is 25.1 Å². The SMILES string of the molecule is C=C(C)C(=O)OC.O=C(O)c1cccc2c1Cc1ccccc1O2. The molecule has 2 aromatic rings. The molecule has 0 radical (unpaired) electrons. The van der Waals surface area contributed by atoms with Crippen LogP contribution in [0.15, 0.2) is 54.6 Å². The molecule has 1 aliphatic heterocycles. The van der Waals surface area contributed by atoms with Crippen LogP contribution in [0.3, 0.4) is 0 Å². The van der Waals surface area contributed by atoms with Crippen LogP contribution in [0.25, 0.3) is 0 Å². The summed E-state index contributed by atoms with van der Waals surface area (Å²) in [6.45, 7) is 4.95. The average molecular weight is 326 g/mol. The molecule has 0 spiro atoms. The summed E-state index contributed by atoms with van der Waals surface area (Å²) >= 11 is 0. The van der Waals surface area contributed by atoms with Gasteiger partial charge in [0.1, 0.15) is 11.5 Å². The Labute approximate surface area is 140 Å². The molecule has 3 rings (SSSR count). The second kappa shape index (κ2) is 7.46. The minimum Gasteiger partial charge on any atom is -0.478 e. The van der Waals surface area contributed by atoms with E-state index in [9.17, 15) is 9.59 Å². The molecule has 0 aromatic heterocycles. The molecule has 0 amide bonds. The van der Waals surface area contributed by atoms with Gasteiger partial charge in [-0.15, -0.1) is 0 Å². The summed E-state index contributed by atoms with van der Waals surface area (Å²) in [5.74, 6) is 0.191. The van der Waals surface area contributed by atoms with Crippen LogP contribution in [0.2, 0.25) is 0 Å². The van der Waals surface area contributed by atoms with Crippen LogP contribution >= 0.6 is 0 Å². The van der Waals surface area contributed by atoms with E-state index in [0.29, 0.717) is 23.3 Å². The van der Waals surface area contributed by atoms with E-state index in [4.69, 9.17) is 9.84 Å². The third-order valence-electron chi connectivity index (χ3n) is 3.46. The molecule has 5 nitrogen and oxygen atoms in total. The topological polar surface area (TPSA) is 72.8 Å². The minimum absolute atomic E-state index is 0.317. The standard InChI is InChI=1S/C14H10O3.C5H8O2/c15-14(16)10-5-3-7-13-11(10)8-9-4-1-2-6-12(9)17-13;1-4(2)5(6)7-3/h1-7H,8H2,(H,15,16);1H2,2-3H3. The predicted octanol–water partition coefficient (Wildman–Crippen LogP) is 3.82. The number of para-hydroxylation sites is 1. The number of carboxylic acids is 1. The Bertz CT molecular complexity index is 792. The van der Waals surface area contributed by atoms with E-state index in [0.717, 1.165) is 16.9 Å². The van der Waals surface area contributed by atoms with E-state index in [1.807, 2.05) is 24.3 Å². The number of carbonyl (C=O) groups excluding carboxylic acids is 1. The smallest absolute Gasteiger partial charge is 0.336 e. The van der Waals surface area contributed by atoms with E-state index in [2.05, 4.69) is 11.3 Å². The minimum atomic E-state index is -0.912. The van der Waals surface area contributed by atoms with Crippen molar-refractivity contribution in [3.05, 3.63) is 71.3 Å². The first-order chi connectivity index (χ1) is 11.4. The van der Waals surface area contributed by atoms with Crippen LogP contribution < -0.4 is 4.74 Å². The van der Waals surface area contributed by atoms with E-state index in [1.165, 1.54) is 7.11 Å². The van der Waals surface area contributed by atoms with Crippen LogP contribution in [0.5, 0.6) is 11.5 Å². The van der Waals surface area contributed by atoms with Gasteiger partial charge < -0.3 is 14.6 Å². The Kier molecular flexibility index (Phi) is 5.37. The van der Waals surface area contributed by atoms with Crippen molar-refractivity contribution in [3.8, 4) is 11.5 Å². The first kappa shape index (κ1) is 17.3. The average Bonchev–Trinajstić information content (AvgIpc) is 2.58. The summed E-state index contributed by atoms with van der Waals surface area (Å²) in [6, 6.07) is 12.8. The summed E-state index contributed by atoms with van der Waals surface area (Å²) in [6.07, 6.45) is 0.605. The van der Waals surface area contributed by atoms with E-state index < -0.39 is 5.97 Å². The van der Waals surface area contributed by atoms with Crippen molar-refractivity contribution in [2.24, 2.45) is 0 Å². The molecule has 1 heterocycles. The fourth-order valence-corrected chi connectivity index (χ4v) is 2.28. The number of esters is 1. The molecule has 0 saturated heterocycles. The Morgan fingerprint density at radius 2 is 1.79 bits per heavy atom. The largest absolute Gasteiger partial charge is 0.478 e. The molecule has 0 fully saturated rings. The van der Waals surface area contributed by atoms with Gasteiger partial charge in [-0.2, -0.15) is 0 Å². The van der Waals surface area contributed by atoms with Gasteiger partial charge in [0.05, 0.1) is 12.7 Å². The van der Waals surface area contributed by atoms with E-state index >= 15 is 0 Å². The van der Waals surface area contributed by atoms with Crippen molar-refractivity contribution in [1.29, 1.82) is 0 Å². The fourth-order valence-electron chi connectivity index (χ4n) is 2.28. The zero-order valence-corrected chi connectivity index (χ0v) is 13.5. The number of carbonyl (C=O) groups is 2. The van der Waals surface area contributed by atoms with Gasteiger partial charge in [0, 0.05) is 17.6 Å². The molecule has 5 heteroatoms. The van der Waals surface area contributed by atoms with Gasteiger partial charge in [-0.1, -0.05) is 30.8 Å². The lowest BCUT2D eigenvalue weighted by molar-refractivity contribution is -0.136. The molecule has 1 aliphatic rings. The van der Waals surface area contributed by atoms with Gasteiger partial charge in [-0.25, -0.2) is 9.59 Å². The first-order valence-electron chi connectivity index (χ1n) is 7.28. The predicted molar refractivity (Wildman–Crippen MR) is 89.6 cm³/mol. The third kappa shape index (κ3) is 3.81. The van der Waals surface area contributed by atoms with Gasteiger partial charge in [0.15, 0.2) is 0 Å². The lowest BCUT2D eigenvalue weighted by Crippen LogP contribution is -2.09. The molecular formula is C19H18O5. The maximum atomic E-state index is 11.1. The number of ether oxygens (including phenoxy) is 2. The van der Waals surface area contributed by atoms with Gasteiger partial charge in [0.2, 0.25) is 0 Å². The fraction of sp³-hybridized carbons (Fsp3) is 0.158. The quantitative estimate of drug-likeness (QED) is 0.572. The Hall–Kier alpha value is -3.08. The molecule has 0 aliphatic carbocycles. The van der Waals surface area contributed by atoms with Crippen molar-refractivity contribution >= 4 is 11.9 Å². The number of hydrogen-bond donors (Lipinski definition) is 1. The van der Waals surface area contributed by atoms with Crippen molar-refractivity contribution < 1.29 is 24.2 Å². The number of benzene rings is 2. The van der Waals surface area contributed by atoms with Crippen LogP contribution in [0.1, 0.15) is 28.4 Å². The van der Waals surface area contributed by atoms with Gasteiger partial charge in [-0.3, -0.25) is 0 Å². The maximum absolute atomic E-state index is 11.1. The summed E-state index contributed by atoms with van der Waals surface area (Å²) in [4.78, 5) is 21.3. The van der Waals surface area contributed by atoms with Gasteiger partial charge in [0.25, 0.3) is 0 Å². The number of rotatable bonds is 2.